The first-order chi connectivity index (χ1) is 16.5. The summed E-state index contributed by atoms with van der Waals surface area (Å²) in [5, 5.41) is 8.77. The summed E-state index contributed by atoms with van der Waals surface area (Å²) >= 11 is 1.28. The number of hydrogen-bond acceptors (Lipinski definition) is 7. The standard InChI is InChI=1S/C24H22N4O5S/c1-31-17-9-15(10-18(13-17)32-2)25-23(30)26-16-11-19(33-3)21-20(12-16)34-24(27-21)28-22(29)14-7-5-4-6-8-14/h4-13H,1-3H3,(H2,25,26,30)(H,27,28,29). The maximum Gasteiger partial charge on any atom is 0.323 e. The minimum atomic E-state index is -0.459. The van der Waals surface area contributed by atoms with Gasteiger partial charge in [0.1, 0.15) is 22.8 Å². The summed E-state index contributed by atoms with van der Waals surface area (Å²) < 4.78 is 16.7. The zero-order valence-electron chi connectivity index (χ0n) is 18.7. The maximum absolute atomic E-state index is 12.6. The van der Waals surface area contributed by atoms with E-state index in [0.29, 0.717) is 44.8 Å². The molecule has 0 aliphatic heterocycles. The number of urea groups is 1. The zero-order chi connectivity index (χ0) is 24.1. The van der Waals surface area contributed by atoms with Crippen molar-refractivity contribution < 1.29 is 23.8 Å². The average molecular weight is 479 g/mol. The fourth-order valence-corrected chi connectivity index (χ4v) is 4.13. The number of hydrogen-bond donors (Lipinski definition) is 3. The van der Waals surface area contributed by atoms with Crippen molar-refractivity contribution in [1.29, 1.82) is 0 Å². The van der Waals surface area contributed by atoms with Crippen LogP contribution in [-0.4, -0.2) is 38.3 Å². The van der Waals surface area contributed by atoms with E-state index in [9.17, 15) is 9.59 Å². The van der Waals surface area contributed by atoms with Crippen molar-refractivity contribution in [1.82, 2.24) is 4.98 Å². The highest BCUT2D eigenvalue weighted by atomic mass is 32.1. The topological polar surface area (TPSA) is 111 Å². The lowest BCUT2D eigenvalue weighted by Gasteiger charge is -2.11. The van der Waals surface area contributed by atoms with Crippen LogP contribution < -0.4 is 30.2 Å². The summed E-state index contributed by atoms with van der Waals surface area (Å²) in [6.07, 6.45) is 0. The van der Waals surface area contributed by atoms with Crippen molar-refractivity contribution in [2.24, 2.45) is 0 Å². The fraction of sp³-hybridized carbons (Fsp3) is 0.125. The number of nitrogens with zero attached hydrogens (tertiary/aromatic N) is 1. The van der Waals surface area contributed by atoms with E-state index >= 15 is 0 Å². The van der Waals surface area contributed by atoms with Gasteiger partial charge in [-0.1, -0.05) is 29.5 Å². The molecule has 10 heteroatoms. The molecule has 0 spiro atoms. The van der Waals surface area contributed by atoms with Gasteiger partial charge in [0.05, 0.1) is 26.0 Å². The van der Waals surface area contributed by atoms with Gasteiger partial charge in [-0.15, -0.1) is 0 Å². The molecular weight excluding hydrogens is 456 g/mol. The second-order valence-electron chi connectivity index (χ2n) is 7.04. The van der Waals surface area contributed by atoms with Crippen molar-refractivity contribution in [2.75, 3.05) is 37.3 Å². The van der Waals surface area contributed by atoms with E-state index in [2.05, 4.69) is 20.9 Å². The molecule has 4 rings (SSSR count). The number of aromatic nitrogens is 1. The number of carbonyl (C=O) groups is 2. The molecular formula is C24H22N4O5S. The number of methoxy groups -OCH3 is 3. The monoisotopic (exact) mass is 478 g/mol. The number of carbonyl (C=O) groups excluding carboxylic acids is 2. The SMILES string of the molecule is COc1cc(NC(=O)Nc2cc(OC)c3nc(NC(=O)c4ccccc4)sc3c2)cc(OC)c1. The van der Waals surface area contributed by atoms with Gasteiger partial charge < -0.3 is 24.8 Å². The molecule has 0 aliphatic rings. The molecule has 34 heavy (non-hydrogen) atoms. The van der Waals surface area contributed by atoms with E-state index in [0.717, 1.165) is 4.70 Å². The Balaban J connectivity index is 1.53. The Morgan fingerprint density at radius 3 is 2.06 bits per heavy atom. The Morgan fingerprint density at radius 1 is 0.794 bits per heavy atom. The molecule has 3 amide bonds. The quantitative estimate of drug-likeness (QED) is 0.336. The highest BCUT2D eigenvalue weighted by Gasteiger charge is 2.15. The molecule has 0 atom stereocenters. The number of rotatable bonds is 7. The minimum Gasteiger partial charge on any atom is -0.497 e. The fourth-order valence-electron chi connectivity index (χ4n) is 3.21. The first-order valence-corrected chi connectivity index (χ1v) is 11.0. The van der Waals surface area contributed by atoms with Crippen molar-refractivity contribution >= 4 is 50.0 Å². The van der Waals surface area contributed by atoms with Crippen LogP contribution in [0.1, 0.15) is 10.4 Å². The van der Waals surface area contributed by atoms with Crippen molar-refractivity contribution in [2.45, 2.75) is 0 Å². The van der Waals surface area contributed by atoms with Gasteiger partial charge in [-0.3, -0.25) is 10.1 Å². The largest absolute Gasteiger partial charge is 0.497 e. The van der Waals surface area contributed by atoms with E-state index in [1.807, 2.05) is 6.07 Å². The highest BCUT2D eigenvalue weighted by molar-refractivity contribution is 7.22. The summed E-state index contributed by atoms with van der Waals surface area (Å²) in [6, 6.07) is 16.9. The Bertz CT molecular complexity index is 1320. The summed E-state index contributed by atoms with van der Waals surface area (Å²) in [5.41, 5.74) is 2.12. The molecule has 1 heterocycles. The average Bonchev–Trinajstić information content (AvgIpc) is 3.25. The summed E-state index contributed by atoms with van der Waals surface area (Å²) in [6.45, 7) is 0. The molecule has 0 bridgehead atoms. The van der Waals surface area contributed by atoms with Gasteiger partial charge in [-0.25, -0.2) is 9.78 Å². The lowest BCUT2D eigenvalue weighted by molar-refractivity contribution is 0.102. The van der Waals surface area contributed by atoms with Gasteiger partial charge in [0.25, 0.3) is 5.91 Å². The lowest BCUT2D eigenvalue weighted by Crippen LogP contribution is -2.19. The van der Waals surface area contributed by atoms with Gasteiger partial charge in [0, 0.05) is 41.2 Å². The van der Waals surface area contributed by atoms with Crippen molar-refractivity contribution in [3.05, 3.63) is 66.2 Å². The number of fused-ring (bicyclic) bond motifs is 1. The molecule has 1 aromatic heterocycles. The van der Waals surface area contributed by atoms with Crippen LogP contribution in [0.3, 0.4) is 0 Å². The molecule has 3 N–H and O–H groups in total. The van der Waals surface area contributed by atoms with Crippen LogP contribution in [0, 0.1) is 0 Å². The molecule has 174 valence electrons. The van der Waals surface area contributed by atoms with Crippen LogP contribution >= 0.6 is 11.3 Å². The summed E-state index contributed by atoms with van der Waals surface area (Å²) in [7, 11) is 4.58. The number of benzene rings is 3. The molecule has 0 saturated carbocycles. The molecule has 0 fully saturated rings. The first kappa shape index (κ1) is 22.9. The van der Waals surface area contributed by atoms with E-state index in [-0.39, 0.29) is 5.91 Å². The maximum atomic E-state index is 12.6. The third kappa shape index (κ3) is 5.18. The number of amides is 3. The van der Waals surface area contributed by atoms with Crippen molar-refractivity contribution in [3.8, 4) is 17.2 Å². The van der Waals surface area contributed by atoms with Crippen molar-refractivity contribution in [3.63, 3.8) is 0 Å². The molecule has 0 unspecified atom stereocenters. The Labute approximate surface area is 199 Å². The first-order valence-electron chi connectivity index (χ1n) is 10.1. The number of nitrogens with one attached hydrogen (secondary N) is 3. The second kappa shape index (κ2) is 10.1. The minimum absolute atomic E-state index is 0.259. The van der Waals surface area contributed by atoms with Gasteiger partial charge in [0.15, 0.2) is 5.13 Å². The van der Waals surface area contributed by atoms with Gasteiger partial charge in [0.2, 0.25) is 0 Å². The Kier molecular flexibility index (Phi) is 6.79. The zero-order valence-corrected chi connectivity index (χ0v) is 19.5. The summed E-state index contributed by atoms with van der Waals surface area (Å²) in [4.78, 5) is 29.6. The lowest BCUT2D eigenvalue weighted by atomic mass is 10.2. The number of ether oxygens (including phenoxy) is 3. The molecule has 0 aliphatic carbocycles. The number of anilines is 3. The summed E-state index contributed by atoms with van der Waals surface area (Å²) in [5.74, 6) is 1.30. The van der Waals surface area contributed by atoms with E-state index in [1.165, 1.54) is 32.7 Å². The Morgan fingerprint density at radius 2 is 1.44 bits per heavy atom. The number of thiazole rings is 1. The molecule has 0 saturated heterocycles. The van der Waals surface area contributed by atoms with Gasteiger partial charge in [-0.2, -0.15) is 0 Å². The smallest absolute Gasteiger partial charge is 0.323 e. The normalized spacial score (nSPS) is 10.4. The van der Waals surface area contributed by atoms with Crippen LogP contribution in [0.4, 0.5) is 21.3 Å². The molecule has 0 radical (unpaired) electrons. The molecule has 4 aromatic rings. The van der Waals surface area contributed by atoms with Gasteiger partial charge >= 0.3 is 6.03 Å². The molecule has 9 nitrogen and oxygen atoms in total. The van der Waals surface area contributed by atoms with E-state index in [1.54, 1.807) is 54.6 Å². The van der Waals surface area contributed by atoms with Crippen LogP contribution in [0.5, 0.6) is 17.2 Å². The predicted octanol–water partition coefficient (Wildman–Crippen LogP) is 5.22. The Hall–Kier alpha value is -4.31. The van der Waals surface area contributed by atoms with Gasteiger partial charge in [-0.05, 0) is 18.2 Å². The van der Waals surface area contributed by atoms with E-state index < -0.39 is 6.03 Å². The van der Waals surface area contributed by atoms with Crippen LogP contribution in [0.25, 0.3) is 10.2 Å². The third-order valence-corrected chi connectivity index (χ3v) is 5.72. The second-order valence-corrected chi connectivity index (χ2v) is 8.08. The third-order valence-electron chi connectivity index (χ3n) is 4.80. The van der Waals surface area contributed by atoms with Crippen LogP contribution in [0.2, 0.25) is 0 Å². The van der Waals surface area contributed by atoms with Crippen LogP contribution in [-0.2, 0) is 0 Å². The van der Waals surface area contributed by atoms with E-state index in [4.69, 9.17) is 14.2 Å². The molecule has 3 aromatic carbocycles. The van der Waals surface area contributed by atoms with Crippen LogP contribution in [0.15, 0.2) is 60.7 Å². The predicted molar refractivity (Wildman–Crippen MR) is 133 cm³/mol. The highest BCUT2D eigenvalue weighted by Crippen LogP contribution is 2.36.